The molecule has 1 aliphatic rings. The maximum absolute atomic E-state index is 12.2. The average Bonchev–Trinajstić information content (AvgIpc) is 2.97. The number of fused-ring (bicyclic) bond motifs is 1. The Labute approximate surface area is 136 Å². The lowest BCUT2D eigenvalue weighted by Crippen LogP contribution is -2.34. The molecule has 0 saturated carbocycles. The van der Waals surface area contributed by atoms with Crippen LogP contribution in [0.2, 0.25) is 0 Å². The minimum atomic E-state index is -0.378. The van der Waals surface area contributed by atoms with Crippen molar-refractivity contribution in [2.45, 2.75) is 45.4 Å². The molecule has 0 fully saturated rings. The van der Waals surface area contributed by atoms with Crippen LogP contribution in [-0.2, 0) is 27.2 Å². The van der Waals surface area contributed by atoms with Crippen molar-refractivity contribution in [3.63, 3.8) is 0 Å². The van der Waals surface area contributed by atoms with E-state index in [-0.39, 0.29) is 17.8 Å². The number of amides is 1. The summed E-state index contributed by atoms with van der Waals surface area (Å²) >= 11 is 0. The van der Waals surface area contributed by atoms with Crippen molar-refractivity contribution in [1.29, 1.82) is 0 Å². The molecular weight excluding hydrogens is 294 g/mol. The van der Waals surface area contributed by atoms with Gasteiger partial charge in [-0.25, -0.2) is 9.78 Å². The lowest BCUT2D eigenvalue weighted by atomic mass is 9.89. The number of ether oxygens (including phenoxy) is 1. The van der Waals surface area contributed by atoms with Crippen LogP contribution in [0.1, 0.15) is 49.8 Å². The molecule has 126 valence electrons. The van der Waals surface area contributed by atoms with Crippen LogP contribution in [0.25, 0.3) is 0 Å². The lowest BCUT2D eigenvalue weighted by molar-refractivity contribution is -0.134. The zero-order chi connectivity index (χ0) is 16.8. The standard InChI is InChI=1S/C17H25N3O3/c1-11(2)16-19-13-8-7-12(10-14(13)20-16)17(22)18-9-5-4-6-15(21)23-3/h4,6,11-12H,5,7-10H2,1-3H3,(H,18,22)(H,19,20)/b6-4+. The number of hydrogen-bond donors (Lipinski definition) is 2. The second kappa shape index (κ2) is 7.94. The fourth-order valence-electron chi connectivity index (χ4n) is 2.67. The summed E-state index contributed by atoms with van der Waals surface area (Å²) in [6.07, 6.45) is 6.09. The Morgan fingerprint density at radius 3 is 2.96 bits per heavy atom. The summed E-state index contributed by atoms with van der Waals surface area (Å²) in [5.74, 6) is 1.06. The minimum Gasteiger partial charge on any atom is -0.466 e. The molecule has 2 rings (SSSR count). The van der Waals surface area contributed by atoms with E-state index in [0.29, 0.717) is 18.9 Å². The van der Waals surface area contributed by atoms with Gasteiger partial charge in [0.15, 0.2) is 0 Å². The predicted molar refractivity (Wildman–Crippen MR) is 87.0 cm³/mol. The number of H-pyrrole nitrogens is 1. The fourth-order valence-corrected chi connectivity index (χ4v) is 2.67. The van der Waals surface area contributed by atoms with Crippen LogP contribution in [0.5, 0.6) is 0 Å². The van der Waals surface area contributed by atoms with Crippen molar-refractivity contribution in [1.82, 2.24) is 15.3 Å². The Bertz CT molecular complexity index is 590. The highest BCUT2D eigenvalue weighted by atomic mass is 16.5. The molecule has 23 heavy (non-hydrogen) atoms. The first kappa shape index (κ1) is 17.2. The summed E-state index contributed by atoms with van der Waals surface area (Å²) in [6, 6.07) is 0. The average molecular weight is 319 g/mol. The van der Waals surface area contributed by atoms with Gasteiger partial charge in [-0.3, -0.25) is 4.79 Å². The minimum absolute atomic E-state index is 0.00690. The Balaban J connectivity index is 1.80. The number of aromatic nitrogens is 2. The van der Waals surface area contributed by atoms with Gasteiger partial charge >= 0.3 is 5.97 Å². The number of methoxy groups -OCH3 is 1. The first-order chi connectivity index (χ1) is 11.0. The first-order valence-corrected chi connectivity index (χ1v) is 8.11. The van der Waals surface area contributed by atoms with Crippen molar-refractivity contribution >= 4 is 11.9 Å². The number of imidazole rings is 1. The molecule has 1 atom stereocenters. The molecule has 1 heterocycles. The number of aryl methyl sites for hydroxylation is 1. The van der Waals surface area contributed by atoms with Gasteiger partial charge in [0.2, 0.25) is 5.91 Å². The van der Waals surface area contributed by atoms with E-state index in [9.17, 15) is 9.59 Å². The van der Waals surface area contributed by atoms with E-state index < -0.39 is 0 Å². The quantitative estimate of drug-likeness (QED) is 0.476. The molecule has 0 aliphatic heterocycles. The molecule has 0 spiro atoms. The number of nitrogens with one attached hydrogen (secondary N) is 2. The Hall–Kier alpha value is -2.11. The lowest BCUT2D eigenvalue weighted by Gasteiger charge is -2.20. The molecular formula is C17H25N3O3. The van der Waals surface area contributed by atoms with Gasteiger partial charge in [0.05, 0.1) is 12.8 Å². The summed E-state index contributed by atoms with van der Waals surface area (Å²) in [5, 5.41) is 2.93. The van der Waals surface area contributed by atoms with Gasteiger partial charge in [0.25, 0.3) is 0 Å². The van der Waals surface area contributed by atoms with E-state index in [1.165, 1.54) is 13.2 Å². The molecule has 1 aromatic heterocycles. The second-order valence-corrected chi connectivity index (χ2v) is 6.15. The van der Waals surface area contributed by atoms with Gasteiger partial charge in [-0.1, -0.05) is 19.9 Å². The van der Waals surface area contributed by atoms with Crippen molar-refractivity contribution in [2.75, 3.05) is 13.7 Å². The highest BCUT2D eigenvalue weighted by molar-refractivity contribution is 5.81. The highest BCUT2D eigenvalue weighted by Gasteiger charge is 2.27. The number of esters is 1. The van der Waals surface area contributed by atoms with E-state index in [1.807, 2.05) is 0 Å². The molecule has 6 heteroatoms. The van der Waals surface area contributed by atoms with Crippen LogP contribution < -0.4 is 5.32 Å². The van der Waals surface area contributed by atoms with Gasteiger partial charge in [-0.05, 0) is 19.3 Å². The molecule has 0 radical (unpaired) electrons. The van der Waals surface area contributed by atoms with Crippen molar-refractivity contribution in [3.05, 3.63) is 29.4 Å². The first-order valence-electron chi connectivity index (χ1n) is 8.11. The molecule has 2 N–H and O–H groups in total. The number of carbonyl (C=O) groups excluding carboxylic acids is 2. The van der Waals surface area contributed by atoms with Gasteiger partial charge in [-0.2, -0.15) is 0 Å². The Kier molecular flexibility index (Phi) is 5.96. The number of aromatic amines is 1. The molecule has 0 bridgehead atoms. The summed E-state index contributed by atoms with van der Waals surface area (Å²) in [7, 11) is 1.34. The van der Waals surface area contributed by atoms with Crippen LogP contribution >= 0.6 is 0 Å². The van der Waals surface area contributed by atoms with Crippen LogP contribution in [0.3, 0.4) is 0 Å². The summed E-state index contributed by atoms with van der Waals surface area (Å²) in [6.45, 7) is 4.74. The predicted octanol–water partition coefficient (Wildman–Crippen LogP) is 1.87. The van der Waals surface area contributed by atoms with E-state index in [4.69, 9.17) is 0 Å². The summed E-state index contributed by atoms with van der Waals surface area (Å²) < 4.78 is 4.50. The molecule has 1 amide bonds. The third kappa shape index (κ3) is 4.68. The Morgan fingerprint density at radius 2 is 2.26 bits per heavy atom. The molecule has 0 saturated heterocycles. The van der Waals surface area contributed by atoms with Crippen molar-refractivity contribution in [2.24, 2.45) is 5.92 Å². The molecule has 0 aromatic carbocycles. The summed E-state index contributed by atoms with van der Waals surface area (Å²) in [4.78, 5) is 31.1. The van der Waals surface area contributed by atoms with Crippen LogP contribution in [0.4, 0.5) is 0 Å². The third-order valence-corrected chi connectivity index (χ3v) is 4.05. The van der Waals surface area contributed by atoms with Gasteiger partial charge < -0.3 is 15.0 Å². The van der Waals surface area contributed by atoms with Crippen LogP contribution in [0, 0.1) is 5.92 Å². The number of carbonyl (C=O) groups is 2. The molecule has 1 aromatic rings. The van der Waals surface area contributed by atoms with E-state index in [2.05, 4.69) is 33.9 Å². The van der Waals surface area contributed by atoms with E-state index >= 15 is 0 Å². The normalized spacial score (nSPS) is 17.3. The number of nitrogens with zero attached hydrogens (tertiary/aromatic N) is 1. The molecule has 1 unspecified atom stereocenters. The fraction of sp³-hybridized carbons (Fsp3) is 0.588. The van der Waals surface area contributed by atoms with Gasteiger partial charge in [-0.15, -0.1) is 0 Å². The maximum atomic E-state index is 12.2. The third-order valence-electron chi connectivity index (χ3n) is 4.05. The molecule has 1 aliphatic carbocycles. The Morgan fingerprint density at radius 1 is 1.48 bits per heavy atom. The molecule has 6 nitrogen and oxygen atoms in total. The second-order valence-electron chi connectivity index (χ2n) is 6.15. The summed E-state index contributed by atoms with van der Waals surface area (Å²) in [5.41, 5.74) is 2.21. The largest absolute Gasteiger partial charge is 0.466 e. The van der Waals surface area contributed by atoms with E-state index in [1.54, 1.807) is 6.08 Å². The zero-order valence-electron chi connectivity index (χ0n) is 14.0. The SMILES string of the molecule is COC(=O)/C=C/CCNC(=O)C1CCc2nc(C(C)C)[nH]c2C1. The smallest absolute Gasteiger partial charge is 0.330 e. The van der Waals surface area contributed by atoms with Crippen molar-refractivity contribution in [3.8, 4) is 0 Å². The number of rotatable bonds is 6. The van der Waals surface area contributed by atoms with Gasteiger partial charge in [0.1, 0.15) is 5.82 Å². The highest BCUT2D eigenvalue weighted by Crippen LogP contribution is 2.25. The topological polar surface area (TPSA) is 84.1 Å². The van der Waals surface area contributed by atoms with Crippen LogP contribution in [-0.4, -0.2) is 35.5 Å². The van der Waals surface area contributed by atoms with E-state index in [0.717, 1.165) is 36.5 Å². The van der Waals surface area contributed by atoms with Crippen molar-refractivity contribution < 1.29 is 14.3 Å². The monoisotopic (exact) mass is 319 g/mol. The number of hydrogen-bond acceptors (Lipinski definition) is 4. The van der Waals surface area contributed by atoms with Crippen LogP contribution in [0.15, 0.2) is 12.2 Å². The zero-order valence-corrected chi connectivity index (χ0v) is 14.0. The van der Waals surface area contributed by atoms with Gasteiger partial charge in [0, 0.05) is 36.6 Å². The maximum Gasteiger partial charge on any atom is 0.330 e.